The Labute approximate surface area is 137 Å². The molecule has 0 aliphatic carbocycles. The molecule has 1 N–H and O–H groups in total. The normalized spacial score (nSPS) is 12.2. The van der Waals surface area contributed by atoms with Crippen LogP contribution in [0.2, 0.25) is 8.67 Å². The topological polar surface area (TPSA) is 55.4 Å². The lowest BCUT2D eigenvalue weighted by atomic mass is 10.3. The predicted octanol–water partition coefficient (Wildman–Crippen LogP) is 4.75. The van der Waals surface area contributed by atoms with Crippen molar-refractivity contribution in [3.8, 4) is 5.75 Å². The zero-order valence-corrected chi connectivity index (χ0v) is 13.5. The first kappa shape index (κ1) is 17.2. The van der Waals surface area contributed by atoms with E-state index in [0.29, 0.717) is 0 Å². The van der Waals surface area contributed by atoms with Crippen LogP contribution >= 0.6 is 34.5 Å². The number of nitrogens with one attached hydrogen (secondary N) is 1. The first-order valence-electron chi connectivity index (χ1n) is 5.41. The molecule has 0 bridgehead atoms. The molecule has 1 aromatic carbocycles. The Kier molecular flexibility index (Phi) is 4.81. The summed E-state index contributed by atoms with van der Waals surface area (Å²) >= 11 is 12.2. The van der Waals surface area contributed by atoms with Gasteiger partial charge in [-0.2, -0.15) is 0 Å². The standard InChI is InChI=1S/C11H6Cl2F3NO3S2/c12-9-5-8(10(13)21-9)22(18,19)17-6-3-1-2-4-7(6)20-11(14,15)16/h1-5,17H. The van der Waals surface area contributed by atoms with E-state index in [9.17, 15) is 21.6 Å². The summed E-state index contributed by atoms with van der Waals surface area (Å²) < 4.78 is 67.0. The number of ether oxygens (including phenoxy) is 1. The third-order valence-corrected chi connectivity index (χ3v) is 5.39. The zero-order valence-electron chi connectivity index (χ0n) is 10.3. The van der Waals surface area contributed by atoms with E-state index in [1.54, 1.807) is 0 Å². The number of hydrogen-bond donors (Lipinski definition) is 1. The van der Waals surface area contributed by atoms with E-state index in [-0.39, 0.29) is 19.3 Å². The van der Waals surface area contributed by atoms with Crippen LogP contribution in [0.15, 0.2) is 35.2 Å². The number of para-hydroxylation sites is 2. The van der Waals surface area contributed by atoms with Crippen LogP contribution in [0.25, 0.3) is 0 Å². The maximum Gasteiger partial charge on any atom is 0.573 e. The molecule has 0 aliphatic rings. The monoisotopic (exact) mass is 391 g/mol. The van der Waals surface area contributed by atoms with Crippen molar-refractivity contribution in [1.82, 2.24) is 0 Å². The molecule has 1 heterocycles. The third kappa shape index (κ3) is 4.19. The molecular formula is C11H6Cl2F3NO3S2. The molecule has 0 aliphatic heterocycles. The number of thiophene rings is 1. The van der Waals surface area contributed by atoms with Crippen molar-refractivity contribution in [2.45, 2.75) is 11.3 Å². The molecule has 0 amide bonds. The fourth-order valence-corrected chi connectivity index (χ4v) is 4.69. The van der Waals surface area contributed by atoms with Crippen molar-refractivity contribution >= 4 is 50.2 Å². The lowest BCUT2D eigenvalue weighted by molar-refractivity contribution is -0.274. The Morgan fingerprint density at radius 2 is 1.82 bits per heavy atom. The van der Waals surface area contributed by atoms with Crippen molar-refractivity contribution in [3.05, 3.63) is 39.0 Å². The van der Waals surface area contributed by atoms with E-state index in [1.807, 2.05) is 4.72 Å². The van der Waals surface area contributed by atoms with Gasteiger partial charge in [-0.3, -0.25) is 4.72 Å². The summed E-state index contributed by atoms with van der Waals surface area (Å²) in [6.45, 7) is 0. The Bertz CT molecular complexity index is 790. The molecule has 0 unspecified atom stereocenters. The zero-order chi connectivity index (χ0) is 16.5. The highest BCUT2D eigenvalue weighted by Gasteiger charge is 2.33. The van der Waals surface area contributed by atoms with E-state index < -0.39 is 22.1 Å². The molecule has 120 valence electrons. The van der Waals surface area contributed by atoms with Crippen LogP contribution in [0, 0.1) is 0 Å². The van der Waals surface area contributed by atoms with E-state index in [0.717, 1.165) is 29.5 Å². The maximum absolute atomic E-state index is 12.3. The lowest BCUT2D eigenvalue weighted by Crippen LogP contribution is -2.19. The highest BCUT2D eigenvalue weighted by molar-refractivity contribution is 7.93. The summed E-state index contributed by atoms with van der Waals surface area (Å²) in [5, 5.41) is 0. The average molecular weight is 392 g/mol. The van der Waals surface area contributed by atoms with Crippen LogP contribution in [-0.2, 0) is 10.0 Å². The molecule has 2 aromatic rings. The fourth-order valence-electron chi connectivity index (χ4n) is 1.47. The molecule has 0 radical (unpaired) electrons. The van der Waals surface area contributed by atoms with Gasteiger partial charge < -0.3 is 4.74 Å². The molecule has 11 heteroatoms. The van der Waals surface area contributed by atoms with Crippen molar-refractivity contribution < 1.29 is 26.3 Å². The van der Waals surface area contributed by atoms with Crippen molar-refractivity contribution in [3.63, 3.8) is 0 Å². The average Bonchev–Trinajstić information content (AvgIpc) is 2.70. The minimum absolute atomic E-state index is 0.105. The second kappa shape index (κ2) is 6.15. The van der Waals surface area contributed by atoms with Crippen molar-refractivity contribution in [2.75, 3.05) is 4.72 Å². The van der Waals surface area contributed by atoms with Gasteiger partial charge in [0.05, 0.1) is 10.0 Å². The van der Waals surface area contributed by atoms with Gasteiger partial charge in [-0.05, 0) is 18.2 Å². The molecule has 0 fully saturated rings. The highest BCUT2D eigenvalue weighted by atomic mass is 35.5. The molecule has 4 nitrogen and oxygen atoms in total. The van der Waals surface area contributed by atoms with Gasteiger partial charge in [0, 0.05) is 0 Å². The smallest absolute Gasteiger partial charge is 0.404 e. The summed E-state index contributed by atoms with van der Waals surface area (Å²) in [5.41, 5.74) is -0.377. The second-order valence-electron chi connectivity index (χ2n) is 3.84. The predicted molar refractivity (Wildman–Crippen MR) is 78.3 cm³/mol. The third-order valence-electron chi connectivity index (χ3n) is 2.27. The van der Waals surface area contributed by atoms with Gasteiger partial charge >= 0.3 is 6.36 Å². The van der Waals surface area contributed by atoms with Crippen LogP contribution in [0.5, 0.6) is 5.75 Å². The largest absolute Gasteiger partial charge is 0.573 e. The van der Waals surface area contributed by atoms with E-state index >= 15 is 0 Å². The fraction of sp³-hybridized carbons (Fsp3) is 0.0909. The van der Waals surface area contributed by atoms with Crippen LogP contribution in [0.1, 0.15) is 0 Å². The lowest BCUT2D eigenvalue weighted by Gasteiger charge is -2.14. The van der Waals surface area contributed by atoms with Crippen molar-refractivity contribution in [1.29, 1.82) is 0 Å². The Hall–Kier alpha value is -1.16. The van der Waals surface area contributed by atoms with Gasteiger partial charge in [0.1, 0.15) is 9.23 Å². The van der Waals surface area contributed by atoms with Crippen LogP contribution < -0.4 is 9.46 Å². The highest BCUT2D eigenvalue weighted by Crippen LogP contribution is 2.37. The minimum Gasteiger partial charge on any atom is -0.404 e. The van der Waals surface area contributed by atoms with Gasteiger partial charge in [-0.25, -0.2) is 8.42 Å². The van der Waals surface area contributed by atoms with Crippen LogP contribution in [0.3, 0.4) is 0 Å². The number of rotatable bonds is 4. The summed E-state index contributed by atoms with van der Waals surface area (Å²) in [6.07, 6.45) is -4.95. The number of halogens is 5. The maximum atomic E-state index is 12.3. The van der Waals surface area contributed by atoms with Crippen LogP contribution in [-0.4, -0.2) is 14.8 Å². The van der Waals surface area contributed by atoms with Gasteiger partial charge in [0.25, 0.3) is 10.0 Å². The first-order chi connectivity index (χ1) is 10.1. The van der Waals surface area contributed by atoms with E-state index in [2.05, 4.69) is 4.74 Å². The Balaban J connectivity index is 2.36. The number of anilines is 1. The molecular weight excluding hydrogens is 386 g/mol. The summed E-state index contributed by atoms with van der Waals surface area (Å²) in [7, 11) is -4.20. The first-order valence-corrected chi connectivity index (χ1v) is 8.46. The minimum atomic E-state index is -4.95. The Morgan fingerprint density at radius 1 is 1.18 bits per heavy atom. The summed E-state index contributed by atoms with van der Waals surface area (Å²) in [6, 6.07) is 5.83. The number of sulfonamides is 1. The Morgan fingerprint density at radius 3 is 2.36 bits per heavy atom. The molecule has 0 spiro atoms. The van der Waals surface area contributed by atoms with Gasteiger partial charge in [-0.1, -0.05) is 35.3 Å². The number of alkyl halides is 3. The van der Waals surface area contributed by atoms with Gasteiger partial charge in [0.2, 0.25) is 0 Å². The molecule has 1 aromatic heterocycles. The SMILES string of the molecule is O=S(=O)(Nc1ccccc1OC(F)(F)F)c1cc(Cl)sc1Cl. The van der Waals surface area contributed by atoms with Crippen molar-refractivity contribution in [2.24, 2.45) is 0 Å². The molecule has 0 saturated heterocycles. The van der Waals surface area contributed by atoms with E-state index in [4.69, 9.17) is 23.2 Å². The quantitative estimate of drug-likeness (QED) is 0.817. The number of hydrogen-bond acceptors (Lipinski definition) is 4. The summed E-state index contributed by atoms with van der Waals surface area (Å²) in [4.78, 5) is -0.328. The molecule has 2 rings (SSSR count). The summed E-state index contributed by atoms with van der Waals surface area (Å²) in [5.74, 6) is -0.684. The molecule has 22 heavy (non-hydrogen) atoms. The second-order valence-corrected chi connectivity index (χ2v) is 7.77. The van der Waals surface area contributed by atoms with Gasteiger partial charge in [0.15, 0.2) is 5.75 Å². The molecule has 0 atom stereocenters. The molecule has 0 saturated carbocycles. The van der Waals surface area contributed by atoms with Crippen LogP contribution in [0.4, 0.5) is 18.9 Å². The number of benzene rings is 1. The van der Waals surface area contributed by atoms with Gasteiger partial charge in [-0.15, -0.1) is 24.5 Å². The van der Waals surface area contributed by atoms with E-state index in [1.165, 1.54) is 12.1 Å².